The van der Waals surface area contributed by atoms with Gasteiger partial charge in [-0.15, -0.1) is 0 Å². The summed E-state index contributed by atoms with van der Waals surface area (Å²) in [5, 5.41) is 3.44. The summed E-state index contributed by atoms with van der Waals surface area (Å²) in [6.45, 7) is 3.27. The zero-order chi connectivity index (χ0) is 14.9. The molecule has 0 spiro atoms. The largest absolute Gasteiger partial charge is 0.341 e. The minimum atomic E-state index is -0.0742. The second-order valence-electron chi connectivity index (χ2n) is 5.74. The molecule has 1 aromatic carbocycles. The summed E-state index contributed by atoms with van der Waals surface area (Å²) >= 11 is 0. The Labute approximate surface area is 127 Å². The minimum Gasteiger partial charge on any atom is -0.341 e. The van der Waals surface area contributed by atoms with Gasteiger partial charge in [0.2, 0.25) is 5.91 Å². The second kappa shape index (κ2) is 8.80. The molecule has 2 rings (SSSR count). The van der Waals surface area contributed by atoms with Crippen LogP contribution < -0.4 is 11.1 Å². The average Bonchev–Trinajstić information content (AvgIpc) is 3.05. The fraction of sp³-hybridized carbons (Fsp3) is 0.588. The van der Waals surface area contributed by atoms with Crippen LogP contribution in [0.25, 0.3) is 0 Å². The molecule has 0 aliphatic carbocycles. The molecular weight excluding hydrogens is 262 g/mol. The normalized spacial score (nSPS) is 16.1. The van der Waals surface area contributed by atoms with Gasteiger partial charge in [-0.2, -0.15) is 0 Å². The summed E-state index contributed by atoms with van der Waals surface area (Å²) in [6, 6.07) is 10.2. The maximum Gasteiger partial charge on any atom is 0.239 e. The first kappa shape index (κ1) is 16.0. The highest BCUT2D eigenvalue weighted by atomic mass is 16.2. The van der Waals surface area contributed by atoms with Crippen LogP contribution in [0.1, 0.15) is 37.7 Å². The summed E-state index contributed by atoms with van der Waals surface area (Å²) < 4.78 is 0. The molecule has 0 unspecified atom stereocenters. The lowest BCUT2D eigenvalue weighted by molar-refractivity contribution is -0.132. The van der Waals surface area contributed by atoms with Crippen LogP contribution in [0.3, 0.4) is 0 Å². The molecule has 0 bridgehead atoms. The number of nitrogens with one attached hydrogen (secondary N) is 1. The van der Waals surface area contributed by atoms with Crippen LogP contribution in [-0.2, 0) is 11.3 Å². The molecular formula is C17H27N3O. The van der Waals surface area contributed by atoms with E-state index in [1.54, 1.807) is 0 Å². The van der Waals surface area contributed by atoms with Crippen molar-refractivity contribution in [2.24, 2.45) is 5.73 Å². The molecule has 4 heteroatoms. The molecule has 0 saturated carbocycles. The van der Waals surface area contributed by atoms with Crippen molar-refractivity contribution in [3.63, 3.8) is 0 Å². The van der Waals surface area contributed by atoms with Crippen LogP contribution in [0.15, 0.2) is 30.3 Å². The lowest BCUT2D eigenvalue weighted by atomic mass is 10.1. The molecule has 1 amide bonds. The maximum absolute atomic E-state index is 12.6. The van der Waals surface area contributed by atoms with Crippen molar-refractivity contribution in [3.8, 4) is 0 Å². The minimum absolute atomic E-state index is 0.0742. The molecule has 1 atom stereocenters. The van der Waals surface area contributed by atoms with Crippen LogP contribution >= 0.6 is 0 Å². The van der Waals surface area contributed by atoms with Gasteiger partial charge in [0.25, 0.3) is 0 Å². The second-order valence-corrected chi connectivity index (χ2v) is 5.74. The number of hydrogen-bond donors (Lipinski definition) is 2. The number of nitrogens with two attached hydrogens (primary N) is 1. The van der Waals surface area contributed by atoms with E-state index in [9.17, 15) is 4.79 Å². The highest BCUT2D eigenvalue weighted by molar-refractivity contribution is 5.82. The Kier molecular flexibility index (Phi) is 6.70. The maximum atomic E-state index is 12.6. The molecule has 3 N–H and O–H groups in total. The Morgan fingerprint density at radius 3 is 2.57 bits per heavy atom. The predicted molar refractivity (Wildman–Crippen MR) is 85.8 cm³/mol. The van der Waals surface area contributed by atoms with E-state index in [4.69, 9.17) is 5.73 Å². The number of nitrogens with zero attached hydrogens (tertiary/aromatic N) is 1. The zero-order valence-electron chi connectivity index (χ0n) is 12.8. The molecule has 1 heterocycles. The lowest BCUT2D eigenvalue weighted by Gasteiger charge is -2.24. The van der Waals surface area contributed by atoms with Gasteiger partial charge in [-0.05, 0) is 37.8 Å². The summed E-state index contributed by atoms with van der Waals surface area (Å²) in [5.41, 5.74) is 6.78. The first-order valence-corrected chi connectivity index (χ1v) is 8.07. The van der Waals surface area contributed by atoms with Crippen LogP contribution in [0.4, 0.5) is 0 Å². The van der Waals surface area contributed by atoms with Gasteiger partial charge in [-0.3, -0.25) is 4.79 Å². The van der Waals surface area contributed by atoms with Gasteiger partial charge in [-0.1, -0.05) is 36.8 Å². The Hall–Kier alpha value is -1.39. The molecule has 1 saturated heterocycles. The van der Waals surface area contributed by atoms with E-state index in [1.807, 2.05) is 23.1 Å². The lowest BCUT2D eigenvalue weighted by Crippen LogP contribution is -2.45. The molecule has 1 aliphatic rings. The number of rotatable bonds is 8. The van der Waals surface area contributed by atoms with Crippen LogP contribution in [0.5, 0.6) is 0 Å². The molecule has 21 heavy (non-hydrogen) atoms. The highest BCUT2D eigenvalue weighted by Gasteiger charge is 2.25. The van der Waals surface area contributed by atoms with Gasteiger partial charge in [0.05, 0.1) is 6.04 Å². The van der Waals surface area contributed by atoms with E-state index in [2.05, 4.69) is 17.4 Å². The van der Waals surface area contributed by atoms with Crippen LogP contribution in [0, 0.1) is 0 Å². The van der Waals surface area contributed by atoms with Gasteiger partial charge in [0.1, 0.15) is 0 Å². The van der Waals surface area contributed by atoms with Crippen molar-refractivity contribution in [2.45, 2.75) is 44.7 Å². The molecule has 0 aromatic heterocycles. The number of unbranched alkanes of at least 4 members (excludes halogenated alkanes) is 1. The number of carbonyl (C=O) groups is 1. The molecule has 4 nitrogen and oxygen atoms in total. The quantitative estimate of drug-likeness (QED) is 0.719. The van der Waals surface area contributed by atoms with E-state index in [0.717, 1.165) is 51.7 Å². The monoisotopic (exact) mass is 289 g/mol. The van der Waals surface area contributed by atoms with E-state index >= 15 is 0 Å². The molecule has 116 valence electrons. The van der Waals surface area contributed by atoms with Gasteiger partial charge >= 0.3 is 0 Å². The smallest absolute Gasteiger partial charge is 0.239 e. The Balaban J connectivity index is 1.89. The van der Waals surface area contributed by atoms with E-state index < -0.39 is 0 Å². The SMILES string of the molecule is NCCCC[C@H](NCc1ccccc1)C(=O)N1CCCC1. The number of carbonyl (C=O) groups excluding carboxylic acids is 1. The number of hydrogen-bond acceptors (Lipinski definition) is 3. The average molecular weight is 289 g/mol. The zero-order valence-corrected chi connectivity index (χ0v) is 12.8. The fourth-order valence-electron chi connectivity index (χ4n) is 2.80. The van der Waals surface area contributed by atoms with Gasteiger partial charge in [0.15, 0.2) is 0 Å². The Morgan fingerprint density at radius 1 is 1.19 bits per heavy atom. The summed E-state index contributed by atoms with van der Waals surface area (Å²) in [5.74, 6) is 0.264. The van der Waals surface area contributed by atoms with Crippen molar-refractivity contribution in [2.75, 3.05) is 19.6 Å². The first-order chi connectivity index (χ1) is 10.3. The Morgan fingerprint density at radius 2 is 1.90 bits per heavy atom. The third-order valence-electron chi connectivity index (χ3n) is 4.06. The van der Waals surface area contributed by atoms with Crippen molar-refractivity contribution in [3.05, 3.63) is 35.9 Å². The van der Waals surface area contributed by atoms with E-state index in [1.165, 1.54) is 5.56 Å². The molecule has 1 aromatic rings. The van der Waals surface area contributed by atoms with Crippen molar-refractivity contribution >= 4 is 5.91 Å². The molecule has 1 aliphatic heterocycles. The van der Waals surface area contributed by atoms with Crippen molar-refractivity contribution in [1.82, 2.24) is 10.2 Å². The van der Waals surface area contributed by atoms with Crippen LogP contribution in [0.2, 0.25) is 0 Å². The predicted octanol–water partition coefficient (Wildman–Crippen LogP) is 1.90. The summed E-state index contributed by atoms with van der Waals surface area (Å²) in [4.78, 5) is 14.6. The van der Waals surface area contributed by atoms with Crippen LogP contribution in [-0.4, -0.2) is 36.5 Å². The van der Waals surface area contributed by atoms with Gasteiger partial charge < -0.3 is 16.0 Å². The number of benzene rings is 1. The van der Waals surface area contributed by atoms with Gasteiger partial charge in [0, 0.05) is 19.6 Å². The highest BCUT2D eigenvalue weighted by Crippen LogP contribution is 2.12. The third kappa shape index (κ3) is 5.14. The molecule has 1 fully saturated rings. The van der Waals surface area contributed by atoms with Crippen molar-refractivity contribution in [1.29, 1.82) is 0 Å². The number of amides is 1. The third-order valence-corrected chi connectivity index (χ3v) is 4.06. The van der Waals surface area contributed by atoms with E-state index in [0.29, 0.717) is 6.54 Å². The fourth-order valence-corrected chi connectivity index (χ4v) is 2.80. The van der Waals surface area contributed by atoms with Gasteiger partial charge in [-0.25, -0.2) is 0 Å². The summed E-state index contributed by atoms with van der Waals surface area (Å²) in [6.07, 6.45) is 5.14. The first-order valence-electron chi connectivity index (χ1n) is 8.07. The topological polar surface area (TPSA) is 58.4 Å². The summed E-state index contributed by atoms with van der Waals surface area (Å²) in [7, 11) is 0. The van der Waals surface area contributed by atoms with Crippen molar-refractivity contribution < 1.29 is 4.79 Å². The number of likely N-dealkylation sites (tertiary alicyclic amines) is 1. The Bertz CT molecular complexity index is 415. The standard InChI is InChI=1S/C17H27N3O/c18-11-5-4-10-16(17(21)20-12-6-7-13-20)19-14-15-8-2-1-3-9-15/h1-3,8-9,16,19H,4-7,10-14,18H2/t16-/m0/s1. The van der Waals surface area contributed by atoms with E-state index in [-0.39, 0.29) is 11.9 Å². The molecule has 0 radical (unpaired) electrons.